The third kappa shape index (κ3) is 5.68. The molecule has 0 bridgehead atoms. The predicted octanol–water partition coefficient (Wildman–Crippen LogP) is 3.54. The zero-order chi connectivity index (χ0) is 23.3. The Kier molecular flexibility index (Phi) is 7.92. The van der Waals surface area contributed by atoms with Crippen molar-refractivity contribution in [2.24, 2.45) is 5.92 Å². The van der Waals surface area contributed by atoms with Crippen LogP contribution in [-0.2, 0) is 14.8 Å². The molecule has 1 fully saturated rings. The summed E-state index contributed by atoms with van der Waals surface area (Å²) >= 11 is 0. The highest BCUT2D eigenvalue weighted by Gasteiger charge is 2.29. The van der Waals surface area contributed by atoms with Gasteiger partial charge in [-0.15, -0.1) is 0 Å². The van der Waals surface area contributed by atoms with Crippen molar-refractivity contribution in [1.29, 1.82) is 0 Å². The first-order chi connectivity index (χ1) is 15.2. The van der Waals surface area contributed by atoms with Crippen LogP contribution in [0.3, 0.4) is 0 Å². The number of aryl methyl sites for hydroxylation is 1. The Bertz CT molecular complexity index is 1030. The van der Waals surface area contributed by atoms with Gasteiger partial charge in [0, 0.05) is 18.7 Å². The molecule has 0 radical (unpaired) electrons. The van der Waals surface area contributed by atoms with Gasteiger partial charge in [0.1, 0.15) is 5.75 Å². The molecule has 0 unspecified atom stereocenters. The molecule has 1 heterocycles. The van der Waals surface area contributed by atoms with E-state index in [2.05, 4.69) is 19.2 Å². The normalized spacial score (nSPS) is 16.0. The molecule has 1 N–H and O–H groups in total. The molecular weight excluding hydrogens is 428 g/mol. The molecule has 1 amide bonds. The second kappa shape index (κ2) is 10.5. The Morgan fingerprint density at radius 1 is 1.12 bits per heavy atom. The lowest BCUT2D eigenvalue weighted by molar-refractivity contribution is 0.0730. The van der Waals surface area contributed by atoms with E-state index in [9.17, 15) is 13.2 Å². The fraction of sp³-hybridized carbons (Fsp3) is 0.458. The van der Waals surface area contributed by atoms with Crippen LogP contribution in [0.25, 0.3) is 0 Å². The number of amides is 1. The van der Waals surface area contributed by atoms with Crippen LogP contribution < -0.4 is 10.1 Å². The van der Waals surface area contributed by atoms with Crippen molar-refractivity contribution in [1.82, 2.24) is 9.62 Å². The second-order valence-corrected chi connectivity index (χ2v) is 10.3. The van der Waals surface area contributed by atoms with E-state index in [0.717, 1.165) is 17.7 Å². The van der Waals surface area contributed by atoms with E-state index in [4.69, 9.17) is 9.47 Å². The summed E-state index contributed by atoms with van der Waals surface area (Å²) in [6, 6.07) is 12.3. The molecule has 2 aromatic rings. The fourth-order valence-electron chi connectivity index (χ4n) is 3.77. The Hall–Kier alpha value is -2.42. The Morgan fingerprint density at radius 2 is 1.78 bits per heavy atom. The van der Waals surface area contributed by atoms with Gasteiger partial charge in [-0.1, -0.05) is 32.0 Å². The quantitative estimate of drug-likeness (QED) is 0.651. The van der Waals surface area contributed by atoms with Gasteiger partial charge in [0.05, 0.1) is 31.3 Å². The fourth-order valence-corrected chi connectivity index (χ4v) is 5.43. The number of carbonyl (C=O) groups is 1. The number of methoxy groups -OCH3 is 1. The molecular formula is C24H32N2O5S. The molecule has 1 aliphatic heterocycles. The topological polar surface area (TPSA) is 84.9 Å². The van der Waals surface area contributed by atoms with Gasteiger partial charge in [0.2, 0.25) is 10.0 Å². The third-order valence-corrected chi connectivity index (χ3v) is 7.61. The van der Waals surface area contributed by atoms with E-state index in [1.54, 1.807) is 26.2 Å². The smallest absolute Gasteiger partial charge is 0.251 e. The van der Waals surface area contributed by atoms with Crippen LogP contribution in [-0.4, -0.2) is 52.0 Å². The number of sulfonamides is 1. The average molecular weight is 461 g/mol. The molecule has 3 rings (SSSR count). The molecule has 0 aromatic heterocycles. The van der Waals surface area contributed by atoms with Crippen molar-refractivity contribution >= 4 is 15.9 Å². The molecule has 0 spiro atoms. The van der Waals surface area contributed by atoms with E-state index >= 15 is 0 Å². The zero-order valence-electron chi connectivity index (χ0n) is 19.1. The summed E-state index contributed by atoms with van der Waals surface area (Å²) in [5.74, 6) is 0.808. The molecule has 1 aliphatic rings. The molecule has 0 aliphatic carbocycles. The summed E-state index contributed by atoms with van der Waals surface area (Å²) in [4.78, 5) is 13.3. The number of ether oxygens (including phenoxy) is 2. The van der Waals surface area contributed by atoms with Crippen molar-refractivity contribution in [2.75, 3.05) is 33.4 Å². The molecule has 1 saturated heterocycles. The SMILES string of the molecule is COc1ccc([C@H](CC(C)C)NC(=O)c2ccc(C)c(S(=O)(=O)N3CCOCC3)c2)cc1. The maximum atomic E-state index is 13.2. The first-order valence-electron chi connectivity index (χ1n) is 10.9. The van der Waals surface area contributed by atoms with Crippen LogP contribution in [0.5, 0.6) is 5.75 Å². The van der Waals surface area contributed by atoms with Crippen LogP contribution >= 0.6 is 0 Å². The van der Waals surface area contributed by atoms with Gasteiger partial charge in [-0.3, -0.25) is 4.79 Å². The Labute approximate surface area is 190 Å². The number of nitrogens with zero attached hydrogens (tertiary/aromatic N) is 1. The van der Waals surface area contributed by atoms with Crippen molar-refractivity contribution in [3.63, 3.8) is 0 Å². The van der Waals surface area contributed by atoms with Crippen molar-refractivity contribution in [2.45, 2.75) is 38.1 Å². The first-order valence-corrected chi connectivity index (χ1v) is 12.3. The maximum Gasteiger partial charge on any atom is 0.251 e. The van der Waals surface area contributed by atoms with Gasteiger partial charge in [-0.2, -0.15) is 4.31 Å². The molecule has 0 saturated carbocycles. The van der Waals surface area contributed by atoms with Gasteiger partial charge < -0.3 is 14.8 Å². The van der Waals surface area contributed by atoms with Crippen LogP contribution in [0.1, 0.15) is 47.8 Å². The summed E-state index contributed by atoms with van der Waals surface area (Å²) in [5.41, 5.74) is 1.91. The lowest BCUT2D eigenvalue weighted by Gasteiger charge is -2.27. The number of hydrogen-bond acceptors (Lipinski definition) is 5. The van der Waals surface area contributed by atoms with E-state index in [0.29, 0.717) is 43.3 Å². The van der Waals surface area contributed by atoms with Gasteiger partial charge in [0.15, 0.2) is 0 Å². The highest BCUT2D eigenvalue weighted by atomic mass is 32.2. The van der Waals surface area contributed by atoms with Gasteiger partial charge >= 0.3 is 0 Å². The van der Waals surface area contributed by atoms with E-state index < -0.39 is 10.0 Å². The number of benzene rings is 2. The summed E-state index contributed by atoms with van der Waals surface area (Å²) < 4.78 is 38.2. The highest BCUT2D eigenvalue weighted by Crippen LogP contribution is 2.26. The Morgan fingerprint density at radius 3 is 2.38 bits per heavy atom. The molecule has 174 valence electrons. The minimum absolute atomic E-state index is 0.164. The number of carbonyl (C=O) groups excluding carboxylic acids is 1. The summed E-state index contributed by atoms with van der Waals surface area (Å²) in [7, 11) is -2.08. The second-order valence-electron chi connectivity index (χ2n) is 8.43. The lowest BCUT2D eigenvalue weighted by atomic mass is 9.96. The van der Waals surface area contributed by atoms with Crippen molar-refractivity contribution < 1.29 is 22.7 Å². The average Bonchev–Trinajstić information content (AvgIpc) is 2.79. The predicted molar refractivity (Wildman–Crippen MR) is 123 cm³/mol. The summed E-state index contributed by atoms with van der Waals surface area (Å²) in [5, 5.41) is 3.09. The Balaban J connectivity index is 1.86. The number of nitrogens with one attached hydrogen (secondary N) is 1. The van der Waals surface area contributed by atoms with Crippen LogP contribution in [0.4, 0.5) is 0 Å². The third-order valence-electron chi connectivity index (χ3n) is 5.57. The zero-order valence-corrected chi connectivity index (χ0v) is 19.9. The van der Waals surface area contributed by atoms with Crippen LogP contribution in [0.15, 0.2) is 47.4 Å². The highest BCUT2D eigenvalue weighted by molar-refractivity contribution is 7.89. The summed E-state index contributed by atoms with van der Waals surface area (Å²) in [6.45, 7) is 7.31. The van der Waals surface area contributed by atoms with Crippen molar-refractivity contribution in [3.8, 4) is 5.75 Å². The molecule has 7 nitrogen and oxygen atoms in total. The molecule has 8 heteroatoms. The molecule has 32 heavy (non-hydrogen) atoms. The monoisotopic (exact) mass is 460 g/mol. The van der Waals surface area contributed by atoms with E-state index in [1.807, 2.05) is 24.3 Å². The van der Waals surface area contributed by atoms with Crippen LogP contribution in [0.2, 0.25) is 0 Å². The number of hydrogen-bond donors (Lipinski definition) is 1. The number of morpholine rings is 1. The number of rotatable bonds is 8. The first kappa shape index (κ1) is 24.2. The van der Waals surface area contributed by atoms with Gasteiger partial charge in [-0.05, 0) is 54.7 Å². The van der Waals surface area contributed by atoms with Crippen molar-refractivity contribution in [3.05, 3.63) is 59.2 Å². The summed E-state index contributed by atoms with van der Waals surface area (Å²) in [6.07, 6.45) is 0.753. The minimum atomic E-state index is -3.70. The minimum Gasteiger partial charge on any atom is -0.497 e. The van der Waals surface area contributed by atoms with E-state index in [-0.39, 0.29) is 16.8 Å². The van der Waals surface area contributed by atoms with Gasteiger partial charge in [-0.25, -0.2) is 8.42 Å². The van der Waals surface area contributed by atoms with Gasteiger partial charge in [0.25, 0.3) is 5.91 Å². The molecule has 2 aromatic carbocycles. The lowest BCUT2D eigenvalue weighted by Crippen LogP contribution is -2.41. The standard InChI is InChI=1S/C24H32N2O5S/c1-17(2)15-22(19-7-9-21(30-4)10-8-19)25-24(27)20-6-5-18(3)23(16-20)32(28,29)26-11-13-31-14-12-26/h5-10,16-17,22H,11-15H2,1-4H3,(H,25,27)/t22-/m0/s1. The van der Waals surface area contributed by atoms with Crippen LogP contribution in [0, 0.1) is 12.8 Å². The van der Waals surface area contributed by atoms with E-state index in [1.165, 1.54) is 10.4 Å². The molecule has 1 atom stereocenters. The largest absolute Gasteiger partial charge is 0.497 e. The maximum absolute atomic E-state index is 13.2.